The fourth-order valence-corrected chi connectivity index (χ4v) is 1.57. The molecule has 4 N–H and O–H groups in total. The molecule has 0 radical (unpaired) electrons. The van der Waals surface area contributed by atoms with Crippen molar-refractivity contribution in [3.8, 4) is 11.5 Å². The number of phenolic OH excluding ortho intramolecular Hbond substituents is 1. The molecule has 18 heavy (non-hydrogen) atoms. The Bertz CT molecular complexity index is 458. The first kappa shape index (κ1) is 14.0. The molecule has 0 amide bonds. The van der Waals surface area contributed by atoms with Gasteiger partial charge in [0.05, 0.1) is 7.11 Å². The van der Waals surface area contributed by atoms with Crippen LogP contribution in [-0.2, 0) is 4.79 Å². The summed E-state index contributed by atoms with van der Waals surface area (Å²) in [4.78, 5) is 23.0. The van der Waals surface area contributed by atoms with Gasteiger partial charge in [-0.15, -0.1) is 0 Å². The van der Waals surface area contributed by atoms with Gasteiger partial charge in [-0.05, 0) is 31.2 Å². The van der Waals surface area contributed by atoms with Gasteiger partial charge < -0.3 is 20.7 Å². The van der Waals surface area contributed by atoms with E-state index in [1.807, 2.05) is 0 Å². The van der Waals surface area contributed by atoms with Crippen LogP contribution in [0.15, 0.2) is 18.2 Å². The maximum absolute atomic E-state index is 12.0. The number of ether oxygens (including phenoxy) is 1. The van der Waals surface area contributed by atoms with Crippen LogP contribution < -0.4 is 10.5 Å². The van der Waals surface area contributed by atoms with Gasteiger partial charge in [-0.2, -0.15) is 0 Å². The second-order valence-electron chi connectivity index (χ2n) is 3.72. The highest BCUT2D eigenvalue weighted by atomic mass is 16.5. The summed E-state index contributed by atoms with van der Waals surface area (Å²) in [6.07, 6.45) is 0.0668. The van der Waals surface area contributed by atoms with E-state index < -0.39 is 17.7 Å². The van der Waals surface area contributed by atoms with E-state index in [2.05, 4.69) is 0 Å². The van der Waals surface area contributed by atoms with Gasteiger partial charge in [0.25, 0.3) is 0 Å². The number of hydrogen-bond acceptors (Lipinski definition) is 5. The van der Waals surface area contributed by atoms with Crippen molar-refractivity contribution >= 4 is 11.8 Å². The zero-order valence-electron chi connectivity index (χ0n) is 9.92. The monoisotopic (exact) mass is 253 g/mol. The van der Waals surface area contributed by atoms with Crippen molar-refractivity contribution in [2.75, 3.05) is 13.7 Å². The van der Waals surface area contributed by atoms with Gasteiger partial charge in [0, 0.05) is 5.56 Å². The van der Waals surface area contributed by atoms with Gasteiger partial charge >= 0.3 is 5.97 Å². The van der Waals surface area contributed by atoms with Gasteiger partial charge in [-0.3, -0.25) is 9.59 Å². The number of aromatic hydroxyl groups is 1. The Kier molecular flexibility index (Phi) is 4.67. The third kappa shape index (κ3) is 2.98. The normalized spacial score (nSPS) is 11.9. The molecule has 6 nitrogen and oxygen atoms in total. The van der Waals surface area contributed by atoms with Crippen LogP contribution in [0.5, 0.6) is 11.5 Å². The van der Waals surface area contributed by atoms with Crippen LogP contribution in [0.1, 0.15) is 16.8 Å². The number of Topliss-reactive ketones (excluding diaryl/α,β-unsaturated/α-hetero) is 1. The number of carboxylic acids is 1. The second kappa shape index (κ2) is 6.02. The van der Waals surface area contributed by atoms with Gasteiger partial charge in [-0.25, -0.2) is 0 Å². The van der Waals surface area contributed by atoms with Crippen LogP contribution in [0.25, 0.3) is 0 Å². The van der Waals surface area contributed by atoms with Crippen molar-refractivity contribution in [1.29, 1.82) is 0 Å². The quantitative estimate of drug-likeness (QED) is 0.506. The Balaban J connectivity index is 3.05. The summed E-state index contributed by atoms with van der Waals surface area (Å²) in [5, 5.41) is 18.4. The van der Waals surface area contributed by atoms with Crippen LogP contribution in [0.2, 0.25) is 0 Å². The van der Waals surface area contributed by atoms with Crippen LogP contribution in [0, 0.1) is 5.92 Å². The molecule has 6 heteroatoms. The first-order valence-corrected chi connectivity index (χ1v) is 5.35. The largest absolute Gasteiger partial charge is 0.504 e. The number of carbonyl (C=O) groups is 2. The maximum Gasteiger partial charge on any atom is 0.314 e. The number of rotatable bonds is 6. The predicted molar refractivity (Wildman–Crippen MR) is 63.8 cm³/mol. The topological polar surface area (TPSA) is 110 Å². The van der Waals surface area contributed by atoms with Gasteiger partial charge in [0.15, 0.2) is 17.3 Å². The van der Waals surface area contributed by atoms with E-state index in [0.29, 0.717) is 0 Å². The summed E-state index contributed by atoms with van der Waals surface area (Å²) < 4.78 is 4.86. The maximum atomic E-state index is 12.0. The molecular formula is C12H15NO5. The molecule has 1 rings (SSSR count). The minimum Gasteiger partial charge on any atom is -0.504 e. The number of carbonyl (C=O) groups excluding carboxylic acids is 1. The fourth-order valence-electron chi connectivity index (χ4n) is 1.57. The lowest BCUT2D eigenvalue weighted by Gasteiger charge is -2.11. The summed E-state index contributed by atoms with van der Waals surface area (Å²) in [6.45, 7) is 0.109. The predicted octanol–water partition coefficient (Wildman–Crippen LogP) is 0.633. The second-order valence-corrected chi connectivity index (χ2v) is 3.72. The van der Waals surface area contributed by atoms with Crippen LogP contribution >= 0.6 is 0 Å². The van der Waals surface area contributed by atoms with Crippen molar-refractivity contribution in [2.24, 2.45) is 11.7 Å². The SMILES string of the molecule is COc1cc(C(=O)C(CCN)C(=O)O)ccc1O. The number of nitrogens with two attached hydrogens (primary N) is 1. The van der Waals surface area contributed by atoms with Crippen LogP contribution in [0.4, 0.5) is 0 Å². The van der Waals surface area contributed by atoms with Crippen molar-refractivity contribution < 1.29 is 24.5 Å². The van der Waals surface area contributed by atoms with E-state index in [4.69, 9.17) is 15.6 Å². The van der Waals surface area contributed by atoms with E-state index in [0.717, 1.165) is 0 Å². The molecule has 0 saturated carbocycles. The molecule has 0 heterocycles. The van der Waals surface area contributed by atoms with Crippen LogP contribution in [0.3, 0.4) is 0 Å². The van der Waals surface area contributed by atoms with Crippen LogP contribution in [-0.4, -0.2) is 35.6 Å². The lowest BCUT2D eigenvalue weighted by molar-refractivity contribution is -0.140. The minimum absolute atomic E-state index is 0.0668. The number of carboxylic acid groups (broad SMARTS) is 1. The van der Waals surface area contributed by atoms with Crippen molar-refractivity contribution in [3.05, 3.63) is 23.8 Å². The van der Waals surface area contributed by atoms with Crippen molar-refractivity contribution in [1.82, 2.24) is 0 Å². The third-order valence-corrected chi connectivity index (χ3v) is 2.53. The fraction of sp³-hybridized carbons (Fsp3) is 0.333. The van der Waals surface area contributed by atoms with E-state index in [1.165, 1.54) is 25.3 Å². The Morgan fingerprint density at radius 2 is 2.11 bits per heavy atom. The van der Waals surface area contributed by atoms with Gasteiger partial charge in [-0.1, -0.05) is 0 Å². The lowest BCUT2D eigenvalue weighted by atomic mass is 9.94. The molecule has 0 aliphatic rings. The average Bonchev–Trinajstić information content (AvgIpc) is 2.35. The summed E-state index contributed by atoms with van der Waals surface area (Å²) in [7, 11) is 1.35. The van der Waals surface area contributed by atoms with E-state index in [9.17, 15) is 14.7 Å². The Morgan fingerprint density at radius 1 is 1.44 bits per heavy atom. The molecule has 0 aliphatic heterocycles. The zero-order valence-corrected chi connectivity index (χ0v) is 9.92. The van der Waals surface area contributed by atoms with Crippen molar-refractivity contribution in [2.45, 2.75) is 6.42 Å². The Morgan fingerprint density at radius 3 is 2.61 bits per heavy atom. The first-order chi connectivity index (χ1) is 8.51. The van der Waals surface area contributed by atoms with Crippen molar-refractivity contribution in [3.63, 3.8) is 0 Å². The highest BCUT2D eigenvalue weighted by molar-refractivity contribution is 6.08. The summed E-state index contributed by atoms with van der Waals surface area (Å²) in [5.41, 5.74) is 5.45. The molecule has 1 unspecified atom stereocenters. The third-order valence-electron chi connectivity index (χ3n) is 2.53. The lowest BCUT2D eigenvalue weighted by Crippen LogP contribution is -2.26. The number of hydrogen-bond donors (Lipinski definition) is 3. The minimum atomic E-state index is -1.21. The molecule has 1 aromatic carbocycles. The molecule has 1 atom stereocenters. The highest BCUT2D eigenvalue weighted by Gasteiger charge is 2.27. The van der Waals surface area contributed by atoms with E-state index >= 15 is 0 Å². The Labute approximate surface area is 104 Å². The first-order valence-electron chi connectivity index (χ1n) is 5.35. The van der Waals surface area contributed by atoms with E-state index in [1.54, 1.807) is 0 Å². The summed E-state index contributed by atoms with van der Waals surface area (Å²) in [6, 6.07) is 3.95. The molecule has 0 saturated heterocycles. The molecule has 0 spiro atoms. The molecule has 0 fully saturated rings. The van der Waals surface area contributed by atoms with Gasteiger partial charge in [0.2, 0.25) is 0 Å². The van der Waals surface area contributed by atoms with Gasteiger partial charge in [0.1, 0.15) is 5.92 Å². The summed E-state index contributed by atoms with van der Waals surface area (Å²) >= 11 is 0. The van der Waals surface area contributed by atoms with E-state index in [-0.39, 0.29) is 30.0 Å². The smallest absolute Gasteiger partial charge is 0.314 e. The molecule has 0 aromatic heterocycles. The molecule has 98 valence electrons. The zero-order chi connectivity index (χ0) is 13.7. The average molecular weight is 253 g/mol. The number of aliphatic carboxylic acids is 1. The molecule has 0 aliphatic carbocycles. The number of benzene rings is 1. The molecule has 1 aromatic rings. The number of phenols is 1. The number of ketones is 1. The standard InChI is InChI=1S/C12H15NO5/c1-18-10-6-7(2-3-9(10)14)11(15)8(4-5-13)12(16)17/h2-3,6,8,14H,4-5,13H2,1H3,(H,16,17). The molecule has 0 bridgehead atoms. The Hall–Kier alpha value is -2.08. The highest BCUT2D eigenvalue weighted by Crippen LogP contribution is 2.27. The summed E-state index contributed by atoms with van der Waals surface area (Å²) in [5.74, 6) is -2.93. The molecular weight excluding hydrogens is 238 g/mol. The number of methoxy groups -OCH3 is 1.